The summed E-state index contributed by atoms with van der Waals surface area (Å²) in [4.78, 5) is 16.8. The van der Waals surface area contributed by atoms with E-state index in [2.05, 4.69) is 15.5 Å². The van der Waals surface area contributed by atoms with E-state index in [1.807, 2.05) is 25.1 Å². The van der Waals surface area contributed by atoms with Crippen LogP contribution in [0.5, 0.6) is 0 Å². The highest BCUT2D eigenvalue weighted by Gasteiger charge is 2.36. The number of aryl methyl sites for hydroxylation is 1. The summed E-state index contributed by atoms with van der Waals surface area (Å²) in [5, 5.41) is 16.3. The van der Waals surface area contributed by atoms with E-state index in [0.717, 1.165) is 5.69 Å². The van der Waals surface area contributed by atoms with Crippen LogP contribution in [0, 0.1) is 5.92 Å². The van der Waals surface area contributed by atoms with Gasteiger partial charge in [0.1, 0.15) is 11.3 Å². The van der Waals surface area contributed by atoms with Crippen molar-refractivity contribution in [2.24, 2.45) is 5.92 Å². The minimum Gasteiger partial charge on any atom is -0.393 e. The van der Waals surface area contributed by atoms with Crippen molar-refractivity contribution < 1.29 is 14.4 Å². The predicted octanol–water partition coefficient (Wildman–Crippen LogP) is 1.87. The lowest BCUT2D eigenvalue weighted by atomic mass is 9.76. The summed E-state index contributed by atoms with van der Waals surface area (Å²) in [5.41, 5.74) is 1.27. The van der Waals surface area contributed by atoms with Crippen molar-refractivity contribution in [2.75, 3.05) is 0 Å². The van der Waals surface area contributed by atoms with Gasteiger partial charge in [-0.05, 0) is 30.9 Å². The van der Waals surface area contributed by atoms with Gasteiger partial charge < -0.3 is 14.9 Å². The van der Waals surface area contributed by atoms with Gasteiger partial charge in [-0.25, -0.2) is 0 Å². The standard InChI is InChI=1S/C16H19N3O3/c1-2-14-12(9-18-22-14)16(21)19-15(10-7-11(20)8-10)13-5-3-4-6-17-13/h3-6,9-11,15,20H,2,7-8H2,1H3,(H,19,21)/t10?,11?,15-/m0/s1. The van der Waals surface area contributed by atoms with Gasteiger partial charge in [-0.3, -0.25) is 9.78 Å². The number of nitrogens with one attached hydrogen (secondary N) is 1. The summed E-state index contributed by atoms with van der Waals surface area (Å²) < 4.78 is 5.07. The molecule has 0 bridgehead atoms. The summed E-state index contributed by atoms with van der Waals surface area (Å²) in [6.07, 6.45) is 4.83. The van der Waals surface area contributed by atoms with Gasteiger partial charge in [-0.15, -0.1) is 0 Å². The number of carbonyl (C=O) groups excluding carboxylic acids is 1. The van der Waals surface area contributed by atoms with Crippen LogP contribution in [0.2, 0.25) is 0 Å². The first kappa shape index (κ1) is 14.7. The molecule has 1 fully saturated rings. The Morgan fingerprint density at radius 1 is 1.50 bits per heavy atom. The predicted molar refractivity (Wildman–Crippen MR) is 79.1 cm³/mol. The van der Waals surface area contributed by atoms with Crippen LogP contribution in [-0.4, -0.2) is 27.3 Å². The van der Waals surface area contributed by atoms with Gasteiger partial charge in [0.2, 0.25) is 0 Å². The van der Waals surface area contributed by atoms with E-state index in [0.29, 0.717) is 30.6 Å². The molecular weight excluding hydrogens is 282 g/mol. The number of aliphatic hydroxyl groups is 1. The van der Waals surface area contributed by atoms with Crippen molar-refractivity contribution in [3.63, 3.8) is 0 Å². The first-order valence-electron chi connectivity index (χ1n) is 7.52. The highest BCUT2D eigenvalue weighted by atomic mass is 16.5. The molecule has 6 heteroatoms. The average Bonchev–Trinajstić information content (AvgIpc) is 2.99. The first-order chi connectivity index (χ1) is 10.7. The van der Waals surface area contributed by atoms with Crippen molar-refractivity contribution in [2.45, 2.75) is 38.3 Å². The van der Waals surface area contributed by atoms with Crippen LogP contribution in [0.25, 0.3) is 0 Å². The molecule has 2 aromatic heterocycles. The van der Waals surface area contributed by atoms with Crippen molar-refractivity contribution in [3.8, 4) is 0 Å². The average molecular weight is 301 g/mol. The van der Waals surface area contributed by atoms with Crippen LogP contribution in [-0.2, 0) is 6.42 Å². The molecule has 0 radical (unpaired) electrons. The number of carbonyl (C=O) groups is 1. The Kier molecular flexibility index (Phi) is 4.20. The van der Waals surface area contributed by atoms with Crippen molar-refractivity contribution in [3.05, 3.63) is 47.6 Å². The molecule has 2 heterocycles. The van der Waals surface area contributed by atoms with Crippen LogP contribution in [0.1, 0.15) is 47.6 Å². The van der Waals surface area contributed by atoms with E-state index in [4.69, 9.17) is 4.52 Å². The molecular formula is C16H19N3O3. The number of amides is 1. The molecule has 22 heavy (non-hydrogen) atoms. The smallest absolute Gasteiger partial charge is 0.257 e. The molecule has 1 atom stereocenters. The van der Waals surface area contributed by atoms with Crippen LogP contribution in [0.3, 0.4) is 0 Å². The molecule has 0 unspecified atom stereocenters. The number of nitrogens with zero attached hydrogens (tertiary/aromatic N) is 2. The first-order valence-corrected chi connectivity index (χ1v) is 7.52. The Labute approximate surface area is 128 Å². The third-order valence-corrected chi connectivity index (χ3v) is 4.12. The number of hydrogen-bond acceptors (Lipinski definition) is 5. The summed E-state index contributed by atoms with van der Waals surface area (Å²) in [6.45, 7) is 1.91. The Morgan fingerprint density at radius 3 is 2.95 bits per heavy atom. The minimum atomic E-state index is -0.282. The maximum absolute atomic E-state index is 12.5. The third-order valence-electron chi connectivity index (χ3n) is 4.12. The van der Waals surface area contributed by atoms with Gasteiger partial charge in [0, 0.05) is 12.6 Å². The molecule has 1 saturated carbocycles. The lowest BCUT2D eigenvalue weighted by Gasteiger charge is -2.37. The summed E-state index contributed by atoms with van der Waals surface area (Å²) >= 11 is 0. The molecule has 2 aromatic rings. The number of hydrogen-bond donors (Lipinski definition) is 2. The van der Waals surface area contributed by atoms with Crippen molar-refractivity contribution in [1.29, 1.82) is 0 Å². The molecule has 0 saturated heterocycles. The number of aromatic nitrogens is 2. The van der Waals surface area contributed by atoms with Crippen molar-refractivity contribution in [1.82, 2.24) is 15.5 Å². The number of aliphatic hydroxyl groups excluding tert-OH is 1. The third kappa shape index (κ3) is 2.87. The topological polar surface area (TPSA) is 88.3 Å². The zero-order chi connectivity index (χ0) is 15.5. The van der Waals surface area contributed by atoms with Crippen LogP contribution in [0.15, 0.2) is 35.1 Å². The SMILES string of the molecule is CCc1oncc1C(=O)N[C@H](c1ccccn1)C1CC(O)C1. The van der Waals surface area contributed by atoms with Gasteiger partial charge in [-0.1, -0.05) is 18.1 Å². The minimum absolute atomic E-state index is 0.193. The monoisotopic (exact) mass is 301 g/mol. The fraction of sp³-hybridized carbons (Fsp3) is 0.438. The van der Waals surface area contributed by atoms with Crippen LogP contribution < -0.4 is 5.32 Å². The molecule has 116 valence electrons. The molecule has 0 spiro atoms. The number of pyridine rings is 1. The van der Waals surface area contributed by atoms with Gasteiger partial charge >= 0.3 is 0 Å². The van der Waals surface area contributed by atoms with Crippen molar-refractivity contribution >= 4 is 5.91 Å². The highest BCUT2D eigenvalue weighted by Crippen LogP contribution is 2.37. The second-order valence-electron chi connectivity index (χ2n) is 5.61. The Hall–Kier alpha value is -2.21. The Morgan fingerprint density at radius 2 is 2.32 bits per heavy atom. The molecule has 1 aliphatic carbocycles. The van der Waals surface area contributed by atoms with Crippen LogP contribution in [0.4, 0.5) is 0 Å². The molecule has 0 aliphatic heterocycles. The lowest BCUT2D eigenvalue weighted by molar-refractivity contribution is 0.0228. The highest BCUT2D eigenvalue weighted by molar-refractivity contribution is 5.95. The van der Waals surface area contributed by atoms with Gasteiger partial charge in [-0.2, -0.15) is 0 Å². The Bertz CT molecular complexity index is 635. The molecule has 0 aromatic carbocycles. The van der Waals surface area contributed by atoms with E-state index >= 15 is 0 Å². The molecule has 6 nitrogen and oxygen atoms in total. The summed E-state index contributed by atoms with van der Waals surface area (Å²) in [6, 6.07) is 5.42. The van der Waals surface area contributed by atoms with E-state index in [1.54, 1.807) is 6.20 Å². The van der Waals surface area contributed by atoms with E-state index in [-0.39, 0.29) is 24.0 Å². The number of rotatable bonds is 5. The summed E-state index contributed by atoms with van der Waals surface area (Å²) in [7, 11) is 0. The molecule has 1 aliphatic rings. The lowest BCUT2D eigenvalue weighted by Crippen LogP contribution is -2.41. The van der Waals surface area contributed by atoms with Gasteiger partial charge in [0.15, 0.2) is 0 Å². The largest absolute Gasteiger partial charge is 0.393 e. The fourth-order valence-corrected chi connectivity index (χ4v) is 2.82. The second-order valence-corrected chi connectivity index (χ2v) is 5.61. The maximum atomic E-state index is 12.5. The van der Waals surface area contributed by atoms with E-state index < -0.39 is 0 Å². The quantitative estimate of drug-likeness (QED) is 0.880. The second kappa shape index (κ2) is 6.27. The zero-order valence-electron chi connectivity index (χ0n) is 12.4. The molecule has 2 N–H and O–H groups in total. The van der Waals surface area contributed by atoms with Gasteiger partial charge in [0.25, 0.3) is 5.91 Å². The van der Waals surface area contributed by atoms with E-state index in [9.17, 15) is 9.90 Å². The maximum Gasteiger partial charge on any atom is 0.257 e. The Balaban J connectivity index is 1.80. The molecule has 1 amide bonds. The zero-order valence-corrected chi connectivity index (χ0v) is 12.4. The van der Waals surface area contributed by atoms with Gasteiger partial charge in [0.05, 0.1) is 24.0 Å². The fourth-order valence-electron chi connectivity index (χ4n) is 2.82. The van der Waals surface area contributed by atoms with E-state index in [1.165, 1.54) is 6.20 Å². The van der Waals surface area contributed by atoms with Crippen LogP contribution >= 0.6 is 0 Å². The molecule has 3 rings (SSSR count). The summed E-state index contributed by atoms with van der Waals surface area (Å²) in [5.74, 6) is 0.555. The normalized spacial score (nSPS) is 21.9.